The lowest BCUT2D eigenvalue weighted by Gasteiger charge is -2.26. The van der Waals surface area contributed by atoms with E-state index in [2.05, 4.69) is 26.6 Å². The lowest BCUT2D eigenvalue weighted by molar-refractivity contribution is -0.135. The minimum atomic E-state index is -1.07. The van der Waals surface area contributed by atoms with Crippen LogP contribution in [-0.2, 0) is 41.6 Å². The molecule has 13 nitrogen and oxygen atoms in total. The molecule has 1 aliphatic carbocycles. The molecule has 1 saturated carbocycles. The van der Waals surface area contributed by atoms with Gasteiger partial charge in [0, 0.05) is 38.8 Å². The van der Waals surface area contributed by atoms with Crippen LogP contribution in [0.25, 0.3) is 0 Å². The molecule has 3 atom stereocenters. The van der Waals surface area contributed by atoms with Crippen LogP contribution in [0.1, 0.15) is 69.4 Å². The fraction of sp³-hybridized carbons (Fsp3) is 0.514. The summed E-state index contributed by atoms with van der Waals surface area (Å²) >= 11 is 0. The Morgan fingerprint density at radius 2 is 1.56 bits per heavy atom. The molecule has 2 aromatic rings. The summed E-state index contributed by atoms with van der Waals surface area (Å²) in [6, 6.07) is 13.1. The standard InChI is InChI=1S/C37H48N6O7/c1-25-33(46)41-30(23-26-9-5-4-6-10-26)35(48)42-37(17-18-37)36(49)38-19-22-50-28-13-11-27(12-14-28)24-29(34(47)39-25)40-31(44)15-16-32(45)43-20-7-2-3-8-21-43/h4-6,9-14,25,29-30H,2-3,7-8,15-24H2,1H3,(H,38,49)(H,39,47)(H,40,44)(H,41,46)(H,42,48)/t25-,29-,30+/m0/s1. The van der Waals surface area contributed by atoms with E-state index in [0.29, 0.717) is 31.7 Å². The van der Waals surface area contributed by atoms with E-state index in [1.165, 1.54) is 6.92 Å². The molecule has 6 rings (SSSR count). The third-order valence-corrected chi connectivity index (χ3v) is 9.41. The molecule has 3 heterocycles. The zero-order valence-corrected chi connectivity index (χ0v) is 28.6. The fourth-order valence-electron chi connectivity index (χ4n) is 6.23. The molecule has 0 aromatic heterocycles. The molecular weight excluding hydrogens is 640 g/mol. The fourth-order valence-corrected chi connectivity index (χ4v) is 6.23. The maximum Gasteiger partial charge on any atom is 0.245 e. The molecule has 50 heavy (non-hydrogen) atoms. The van der Waals surface area contributed by atoms with E-state index in [1.54, 1.807) is 29.2 Å². The molecule has 5 N–H and O–H groups in total. The first kappa shape index (κ1) is 36.3. The number of amides is 6. The highest BCUT2D eigenvalue weighted by molar-refractivity contribution is 5.98. The lowest BCUT2D eigenvalue weighted by atomic mass is 10.0. The van der Waals surface area contributed by atoms with Crippen molar-refractivity contribution in [1.82, 2.24) is 31.5 Å². The van der Waals surface area contributed by atoms with Gasteiger partial charge in [-0.15, -0.1) is 0 Å². The van der Waals surface area contributed by atoms with Crippen molar-refractivity contribution in [2.24, 2.45) is 0 Å². The molecule has 0 unspecified atom stereocenters. The van der Waals surface area contributed by atoms with E-state index in [0.717, 1.165) is 36.8 Å². The average molecular weight is 689 g/mol. The predicted molar refractivity (Wildman–Crippen MR) is 185 cm³/mol. The summed E-state index contributed by atoms with van der Waals surface area (Å²) in [5.41, 5.74) is 0.462. The number of nitrogens with zero attached hydrogens (tertiary/aromatic N) is 1. The van der Waals surface area contributed by atoms with Crippen LogP contribution in [-0.4, -0.2) is 90.2 Å². The second-order valence-electron chi connectivity index (χ2n) is 13.4. The molecule has 6 amide bonds. The third-order valence-electron chi connectivity index (χ3n) is 9.41. The summed E-state index contributed by atoms with van der Waals surface area (Å²) in [6.07, 6.45) is 5.24. The highest BCUT2D eigenvalue weighted by Crippen LogP contribution is 2.35. The first-order valence-electron chi connectivity index (χ1n) is 17.7. The van der Waals surface area contributed by atoms with Crippen LogP contribution in [0.3, 0.4) is 0 Å². The van der Waals surface area contributed by atoms with Gasteiger partial charge in [-0.05, 0) is 55.9 Å². The van der Waals surface area contributed by atoms with E-state index >= 15 is 0 Å². The second kappa shape index (κ2) is 17.1. The molecule has 4 aliphatic rings. The molecule has 0 radical (unpaired) electrons. The van der Waals surface area contributed by atoms with Gasteiger partial charge in [0.25, 0.3) is 0 Å². The van der Waals surface area contributed by atoms with E-state index in [9.17, 15) is 28.8 Å². The van der Waals surface area contributed by atoms with Gasteiger partial charge in [0.05, 0.1) is 6.54 Å². The largest absolute Gasteiger partial charge is 0.492 e. The van der Waals surface area contributed by atoms with Crippen molar-refractivity contribution in [1.29, 1.82) is 0 Å². The Morgan fingerprint density at radius 1 is 0.860 bits per heavy atom. The van der Waals surface area contributed by atoms with Crippen LogP contribution < -0.4 is 31.3 Å². The summed E-state index contributed by atoms with van der Waals surface area (Å²) in [6.45, 7) is 3.28. The Hall–Kier alpha value is -4.94. The first-order valence-corrected chi connectivity index (χ1v) is 17.7. The average Bonchev–Trinajstić information content (AvgIpc) is 3.94. The highest BCUT2D eigenvalue weighted by atomic mass is 16.5. The Labute approximate surface area is 292 Å². The predicted octanol–water partition coefficient (Wildman–Crippen LogP) is 1.29. The number of hydrogen-bond acceptors (Lipinski definition) is 7. The number of carbonyl (C=O) groups is 6. The van der Waals surface area contributed by atoms with Crippen LogP contribution in [0.2, 0.25) is 0 Å². The van der Waals surface area contributed by atoms with Crippen LogP contribution in [0, 0.1) is 0 Å². The van der Waals surface area contributed by atoms with Gasteiger partial charge >= 0.3 is 0 Å². The van der Waals surface area contributed by atoms with Crippen molar-refractivity contribution < 1.29 is 33.5 Å². The van der Waals surface area contributed by atoms with E-state index in [4.69, 9.17) is 4.74 Å². The summed E-state index contributed by atoms with van der Waals surface area (Å²) in [7, 11) is 0. The second-order valence-corrected chi connectivity index (χ2v) is 13.4. The van der Waals surface area contributed by atoms with Crippen molar-refractivity contribution in [3.05, 3.63) is 65.7 Å². The number of hydrogen-bond donors (Lipinski definition) is 5. The van der Waals surface area contributed by atoms with E-state index in [1.807, 2.05) is 30.3 Å². The smallest absolute Gasteiger partial charge is 0.245 e. The molecule has 2 bridgehead atoms. The molecule has 3 aliphatic heterocycles. The van der Waals surface area contributed by atoms with Crippen LogP contribution in [0.4, 0.5) is 0 Å². The van der Waals surface area contributed by atoms with Crippen LogP contribution in [0.5, 0.6) is 5.75 Å². The number of benzene rings is 2. The van der Waals surface area contributed by atoms with E-state index < -0.39 is 47.3 Å². The molecule has 2 aromatic carbocycles. The SMILES string of the molecule is C[C@@H]1NC(=O)[C@@H](NC(=O)CCC(=O)N2CCCCCC2)Cc2ccc(cc2)OCCNC(=O)C2(CC2)NC(=O)[C@@H](Cc2ccccc2)NC1=O. The lowest BCUT2D eigenvalue weighted by Crippen LogP contribution is -2.59. The van der Waals surface area contributed by atoms with Gasteiger partial charge in [0.2, 0.25) is 35.4 Å². The number of likely N-dealkylation sites (tertiary alicyclic amines) is 1. The van der Waals surface area contributed by atoms with Crippen molar-refractivity contribution in [2.45, 2.75) is 94.8 Å². The number of fused-ring (bicyclic) bond motifs is 15. The summed E-state index contributed by atoms with van der Waals surface area (Å²) in [5.74, 6) is -2.00. The molecular formula is C37H48N6O7. The normalized spacial score (nSPS) is 23.3. The monoisotopic (exact) mass is 688 g/mol. The highest BCUT2D eigenvalue weighted by Gasteiger charge is 2.51. The number of nitrogens with one attached hydrogen (secondary N) is 5. The summed E-state index contributed by atoms with van der Waals surface area (Å²) < 4.78 is 5.80. The van der Waals surface area contributed by atoms with Gasteiger partial charge in [-0.25, -0.2) is 0 Å². The minimum absolute atomic E-state index is 0.0393. The van der Waals surface area contributed by atoms with Crippen LogP contribution in [0.15, 0.2) is 54.6 Å². The van der Waals surface area contributed by atoms with Crippen molar-refractivity contribution in [2.75, 3.05) is 26.2 Å². The van der Waals surface area contributed by atoms with Crippen molar-refractivity contribution in [3.8, 4) is 5.75 Å². The van der Waals surface area contributed by atoms with Crippen LogP contribution >= 0.6 is 0 Å². The summed E-state index contributed by atoms with van der Waals surface area (Å²) in [4.78, 5) is 81.5. The quantitative estimate of drug-likeness (QED) is 0.284. The topological polar surface area (TPSA) is 175 Å². The van der Waals surface area contributed by atoms with Gasteiger partial charge in [0.1, 0.15) is 36.0 Å². The van der Waals surface area contributed by atoms with Gasteiger partial charge in [-0.3, -0.25) is 28.8 Å². The Kier molecular flexibility index (Phi) is 12.5. The first-order chi connectivity index (χ1) is 24.1. The van der Waals surface area contributed by atoms with Gasteiger partial charge < -0.3 is 36.2 Å². The summed E-state index contributed by atoms with van der Waals surface area (Å²) in [5, 5.41) is 13.9. The number of carbonyl (C=O) groups excluding carboxylic acids is 6. The molecule has 13 heteroatoms. The Bertz CT molecular complexity index is 1520. The maximum atomic E-state index is 13.7. The Morgan fingerprint density at radius 3 is 2.24 bits per heavy atom. The number of rotatable bonds is 6. The van der Waals surface area contributed by atoms with Crippen molar-refractivity contribution >= 4 is 35.4 Å². The van der Waals surface area contributed by atoms with E-state index in [-0.39, 0.29) is 50.6 Å². The van der Waals surface area contributed by atoms with Gasteiger partial charge in [-0.2, -0.15) is 0 Å². The number of ether oxygens (including phenoxy) is 1. The molecule has 1 spiro atoms. The molecule has 268 valence electrons. The zero-order valence-electron chi connectivity index (χ0n) is 28.6. The molecule has 1 saturated heterocycles. The maximum absolute atomic E-state index is 13.7. The van der Waals surface area contributed by atoms with Crippen molar-refractivity contribution in [3.63, 3.8) is 0 Å². The molecule has 2 fully saturated rings. The minimum Gasteiger partial charge on any atom is -0.492 e. The zero-order chi connectivity index (χ0) is 35.5. The third kappa shape index (κ3) is 10.3. The Balaban J connectivity index is 1.31. The van der Waals surface area contributed by atoms with Gasteiger partial charge in [-0.1, -0.05) is 55.3 Å². The van der Waals surface area contributed by atoms with Gasteiger partial charge in [0.15, 0.2) is 0 Å².